The lowest BCUT2D eigenvalue weighted by molar-refractivity contribution is 0.0464. The van der Waals surface area contributed by atoms with Crippen molar-refractivity contribution < 1.29 is 5.11 Å². The van der Waals surface area contributed by atoms with E-state index in [4.69, 9.17) is 0 Å². The normalized spacial score (nSPS) is 34.7. The summed E-state index contributed by atoms with van der Waals surface area (Å²) in [5.74, 6) is 1.69. The van der Waals surface area contributed by atoms with Crippen LogP contribution in [0.15, 0.2) is 0 Å². The van der Waals surface area contributed by atoms with Crippen LogP contribution in [0.3, 0.4) is 0 Å². The largest absolute Gasteiger partial charge is 0.389 e. The molecule has 1 aliphatic carbocycles. The summed E-state index contributed by atoms with van der Waals surface area (Å²) >= 11 is 0. The van der Waals surface area contributed by atoms with E-state index in [9.17, 15) is 5.11 Å². The van der Waals surface area contributed by atoms with Crippen LogP contribution in [0.1, 0.15) is 59.8 Å². The SMILES string of the molecule is CCC1CC(C)CCC1NCC(C)(O)CC. The number of rotatable bonds is 5. The van der Waals surface area contributed by atoms with E-state index in [0.717, 1.165) is 24.8 Å². The van der Waals surface area contributed by atoms with Crippen LogP contribution in [0.2, 0.25) is 0 Å². The first-order valence-corrected chi connectivity index (χ1v) is 6.94. The van der Waals surface area contributed by atoms with Crippen molar-refractivity contribution in [3.05, 3.63) is 0 Å². The van der Waals surface area contributed by atoms with Crippen LogP contribution in [-0.2, 0) is 0 Å². The zero-order valence-corrected chi connectivity index (χ0v) is 11.4. The molecule has 0 amide bonds. The average molecular weight is 227 g/mol. The predicted molar refractivity (Wildman–Crippen MR) is 69.5 cm³/mol. The maximum Gasteiger partial charge on any atom is 0.0741 e. The van der Waals surface area contributed by atoms with Crippen molar-refractivity contribution in [3.63, 3.8) is 0 Å². The Hall–Kier alpha value is -0.0800. The second-order valence-electron chi connectivity index (χ2n) is 5.92. The maximum atomic E-state index is 10.0. The average Bonchev–Trinajstić information content (AvgIpc) is 2.27. The molecule has 0 bridgehead atoms. The van der Waals surface area contributed by atoms with Crippen molar-refractivity contribution in [2.24, 2.45) is 11.8 Å². The lowest BCUT2D eigenvalue weighted by Crippen LogP contribution is -2.47. The third-order valence-corrected chi connectivity index (χ3v) is 4.28. The molecule has 2 heteroatoms. The first-order chi connectivity index (χ1) is 7.48. The lowest BCUT2D eigenvalue weighted by atomic mass is 9.77. The first kappa shape index (κ1) is 14.0. The topological polar surface area (TPSA) is 32.3 Å². The van der Waals surface area contributed by atoms with Gasteiger partial charge in [-0.2, -0.15) is 0 Å². The first-order valence-electron chi connectivity index (χ1n) is 6.94. The molecule has 4 unspecified atom stereocenters. The fourth-order valence-electron chi connectivity index (χ4n) is 2.69. The summed E-state index contributed by atoms with van der Waals surface area (Å²) in [5, 5.41) is 13.6. The summed E-state index contributed by atoms with van der Waals surface area (Å²) in [5.41, 5.74) is -0.540. The number of hydrogen-bond acceptors (Lipinski definition) is 2. The van der Waals surface area contributed by atoms with E-state index in [1.54, 1.807) is 0 Å². The molecule has 0 aromatic carbocycles. The van der Waals surface area contributed by atoms with Crippen LogP contribution in [0.4, 0.5) is 0 Å². The van der Waals surface area contributed by atoms with Gasteiger partial charge in [-0.1, -0.05) is 27.2 Å². The molecule has 0 heterocycles. The quantitative estimate of drug-likeness (QED) is 0.757. The van der Waals surface area contributed by atoms with Gasteiger partial charge in [-0.3, -0.25) is 0 Å². The zero-order valence-electron chi connectivity index (χ0n) is 11.4. The van der Waals surface area contributed by atoms with Gasteiger partial charge in [-0.05, 0) is 44.4 Å². The minimum Gasteiger partial charge on any atom is -0.389 e. The molecule has 1 aliphatic rings. The van der Waals surface area contributed by atoms with Crippen molar-refractivity contribution in [2.75, 3.05) is 6.54 Å². The second-order valence-corrected chi connectivity index (χ2v) is 5.92. The molecule has 4 atom stereocenters. The molecule has 0 aromatic rings. The molecule has 1 fully saturated rings. The highest BCUT2D eigenvalue weighted by atomic mass is 16.3. The smallest absolute Gasteiger partial charge is 0.0741 e. The third kappa shape index (κ3) is 4.06. The molecule has 1 rings (SSSR count). The Kier molecular flexibility index (Phi) is 5.26. The molecule has 0 aromatic heterocycles. The van der Waals surface area contributed by atoms with Crippen LogP contribution >= 0.6 is 0 Å². The molecule has 1 saturated carbocycles. The highest BCUT2D eigenvalue weighted by Crippen LogP contribution is 2.31. The van der Waals surface area contributed by atoms with E-state index in [1.807, 2.05) is 13.8 Å². The molecule has 0 saturated heterocycles. The van der Waals surface area contributed by atoms with Gasteiger partial charge in [0.05, 0.1) is 5.60 Å². The van der Waals surface area contributed by atoms with Crippen molar-refractivity contribution >= 4 is 0 Å². The summed E-state index contributed by atoms with van der Waals surface area (Å²) in [4.78, 5) is 0. The Morgan fingerprint density at radius 1 is 1.31 bits per heavy atom. The second kappa shape index (κ2) is 6.02. The van der Waals surface area contributed by atoms with Crippen LogP contribution in [0, 0.1) is 11.8 Å². The van der Waals surface area contributed by atoms with Crippen molar-refractivity contribution in [1.29, 1.82) is 0 Å². The minimum absolute atomic E-state index is 0.540. The summed E-state index contributed by atoms with van der Waals surface area (Å²) in [6.45, 7) is 9.35. The number of aliphatic hydroxyl groups is 1. The van der Waals surface area contributed by atoms with E-state index >= 15 is 0 Å². The third-order valence-electron chi connectivity index (χ3n) is 4.28. The van der Waals surface area contributed by atoms with Gasteiger partial charge in [0.15, 0.2) is 0 Å². The lowest BCUT2D eigenvalue weighted by Gasteiger charge is -2.36. The van der Waals surface area contributed by atoms with E-state index in [2.05, 4.69) is 19.2 Å². The number of nitrogens with one attached hydrogen (secondary N) is 1. The Morgan fingerprint density at radius 2 is 2.00 bits per heavy atom. The summed E-state index contributed by atoms with van der Waals surface area (Å²) in [6, 6.07) is 0.624. The molecular weight excluding hydrogens is 198 g/mol. The Labute approximate surface area is 101 Å². The molecule has 16 heavy (non-hydrogen) atoms. The fraction of sp³-hybridized carbons (Fsp3) is 1.00. The summed E-state index contributed by atoms with van der Waals surface area (Å²) in [7, 11) is 0. The van der Waals surface area contributed by atoms with Gasteiger partial charge >= 0.3 is 0 Å². The van der Waals surface area contributed by atoms with Gasteiger partial charge < -0.3 is 10.4 Å². The number of hydrogen-bond donors (Lipinski definition) is 2. The Balaban J connectivity index is 2.40. The van der Waals surface area contributed by atoms with Crippen LogP contribution in [-0.4, -0.2) is 23.3 Å². The van der Waals surface area contributed by atoms with Gasteiger partial charge in [0.1, 0.15) is 0 Å². The van der Waals surface area contributed by atoms with Crippen LogP contribution in [0.5, 0.6) is 0 Å². The van der Waals surface area contributed by atoms with Crippen molar-refractivity contribution in [2.45, 2.75) is 71.4 Å². The van der Waals surface area contributed by atoms with Gasteiger partial charge in [0.2, 0.25) is 0 Å². The van der Waals surface area contributed by atoms with E-state index in [-0.39, 0.29) is 0 Å². The molecular formula is C14H29NO. The molecule has 96 valence electrons. The monoisotopic (exact) mass is 227 g/mol. The van der Waals surface area contributed by atoms with Crippen LogP contribution in [0.25, 0.3) is 0 Å². The summed E-state index contributed by atoms with van der Waals surface area (Å²) < 4.78 is 0. The van der Waals surface area contributed by atoms with Gasteiger partial charge in [0, 0.05) is 12.6 Å². The molecule has 0 radical (unpaired) electrons. The van der Waals surface area contributed by atoms with Gasteiger partial charge in [-0.25, -0.2) is 0 Å². The van der Waals surface area contributed by atoms with E-state index in [1.165, 1.54) is 25.7 Å². The molecule has 0 spiro atoms. The highest BCUT2D eigenvalue weighted by molar-refractivity contribution is 4.85. The van der Waals surface area contributed by atoms with E-state index < -0.39 is 5.60 Å². The molecule has 2 N–H and O–H groups in total. The molecule has 2 nitrogen and oxygen atoms in total. The summed E-state index contributed by atoms with van der Waals surface area (Å²) in [6.07, 6.45) is 6.04. The Morgan fingerprint density at radius 3 is 2.56 bits per heavy atom. The van der Waals surface area contributed by atoms with Crippen molar-refractivity contribution in [1.82, 2.24) is 5.32 Å². The van der Waals surface area contributed by atoms with Crippen LogP contribution < -0.4 is 5.32 Å². The van der Waals surface area contributed by atoms with Gasteiger partial charge in [0.25, 0.3) is 0 Å². The molecule has 0 aliphatic heterocycles. The highest BCUT2D eigenvalue weighted by Gasteiger charge is 2.28. The zero-order chi connectivity index (χ0) is 12.2. The maximum absolute atomic E-state index is 10.0. The predicted octanol–water partition coefficient (Wildman–Crippen LogP) is 2.95. The van der Waals surface area contributed by atoms with E-state index in [0.29, 0.717) is 6.04 Å². The van der Waals surface area contributed by atoms with Crippen molar-refractivity contribution in [3.8, 4) is 0 Å². The fourth-order valence-corrected chi connectivity index (χ4v) is 2.69. The Bertz CT molecular complexity index is 203. The standard InChI is InChI=1S/C14H29NO/c1-5-12-9-11(3)7-8-13(12)15-10-14(4,16)6-2/h11-13,15-16H,5-10H2,1-4H3. The van der Waals surface area contributed by atoms with Gasteiger partial charge in [-0.15, -0.1) is 0 Å². The minimum atomic E-state index is -0.540.